The van der Waals surface area contributed by atoms with Crippen LogP contribution in [0.15, 0.2) is 46.1 Å². The highest BCUT2D eigenvalue weighted by atomic mass is 16.2. The van der Waals surface area contributed by atoms with E-state index >= 15 is 0 Å². The zero-order valence-electron chi connectivity index (χ0n) is 13.7. The van der Waals surface area contributed by atoms with Crippen LogP contribution >= 0.6 is 0 Å². The molecule has 0 amide bonds. The Hall–Kier alpha value is -3.09. The second-order valence-electron chi connectivity index (χ2n) is 5.79. The highest BCUT2D eigenvalue weighted by Gasteiger charge is 2.19. The van der Waals surface area contributed by atoms with Crippen molar-refractivity contribution in [3.63, 3.8) is 0 Å². The molecule has 0 atom stereocenters. The lowest BCUT2D eigenvalue weighted by atomic mass is 10.3. The molecule has 0 aliphatic carbocycles. The number of rotatable bonds is 2. The third-order valence-electron chi connectivity index (χ3n) is 4.36. The van der Waals surface area contributed by atoms with E-state index in [1.165, 1.54) is 9.13 Å². The van der Waals surface area contributed by atoms with Gasteiger partial charge in [0.05, 0.1) is 0 Å². The second-order valence-corrected chi connectivity index (χ2v) is 5.79. The molecule has 0 N–H and O–H groups in total. The third-order valence-corrected chi connectivity index (χ3v) is 4.36. The second kappa shape index (κ2) is 4.95. The fraction of sp³-hybridized carbons (Fsp3) is 0.235. The van der Waals surface area contributed by atoms with Gasteiger partial charge >= 0.3 is 5.69 Å². The van der Waals surface area contributed by atoms with Gasteiger partial charge in [-0.25, -0.2) is 4.79 Å². The van der Waals surface area contributed by atoms with Crippen LogP contribution in [0.3, 0.4) is 0 Å². The van der Waals surface area contributed by atoms with E-state index in [2.05, 4.69) is 4.98 Å². The molecule has 0 aliphatic heterocycles. The monoisotopic (exact) mass is 323 g/mol. The quantitative estimate of drug-likeness (QED) is 0.561. The van der Waals surface area contributed by atoms with Gasteiger partial charge in [0.2, 0.25) is 5.78 Å². The van der Waals surface area contributed by atoms with Gasteiger partial charge in [0, 0.05) is 31.2 Å². The molecule has 4 rings (SSSR count). The summed E-state index contributed by atoms with van der Waals surface area (Å²) in [6.07, 6.45) is 1.88. The molecule has 1 aromatic carbocycles. The zero-order chi connectivity index (χ0) is 17.0. The highest BCUT2D eigenvalue weighted by molar-refractivity contribution is 5.76. The van der Waals surface area contributed by atoms with Gasteiger partial charge < -0.3 is 0 Å². The first kappa shape index (κ1) is 14.5. The fourth-order valence-corrected chi connectivity index (χ4v) is 3.19. The first-order chi connectivity index (χ1) is 11.5. The van der Waals surface area contributed by atoms with Crippen molar-refractivity contribution in [3.05, 3.63) is 63.1 Å². The average Bonchev–Trinajstić information content (AvgIpc) is 3.08. The van der Waals surface area contributed by atoms with Gasteiger partial charge in [-0.1, -0.05) is 18.2 Å². The molecule has 0 spiro atoms. The van der Waals surface area contributed by atoms with Crippen molar-refractivity contribution < 1.29 is 0 Å². The van der Waals surface area contributed by atoms with Crippen LogP contribution in [0.4, 0.5) is 0 Å². The minimum atomic E-state index is -0.348. The van der Waals surface area contributed by atoms with Crippen LogP contribution in [0.2, 0.25) is 0 Å². The molecule has 0 saturated heterocycles. The molecule has 4 aromatic rings. The van der Waals surface area contributed by atoms with Gasteiger partial charge in [0.15, 0.2) is 11.2 Å². The van der Waals surface area contributed by atoms with Gasteiger partial charge in [-0.15, -0.1) is 0 Å². The Morgan fingerprint density at radius 2 is 1.83 bits per heavy atom. The molecule has 24 heavy (non-hydrogen) atoms. The maximum atomic E-state index is 12.7. The van der Waals surface area contributed by atoms with Gasteiger partial charge in [0.25, 0.3) is 5.56 Å². The molecule has 7 heteroatoms. The number of hydrogen-bond acceptors (Lipinski definition) is 3. The topological polar surface area (TPSA) is 66.2 Å². The van der Waals surface area contributed by atoms with E-state index in [-0.39, 0.29) is 11.2 Å². The Morgan fingerprint density at radius 3 is 2.50 bits per heavy atom. The van der Waals surface area contributed by atoms with E-state index in [9.17, 15) is 9.59 Å². The molecule has 3 aromatic heterocycles. The summed E-state index contributed by atoms with van der Waals surface area (Å²) in [4.78, 5) is 29.7. The van der Waals surface area contributed by atoms with Crippen LogP contribution in [0, 0.1) is 6.92 Å². The summed E-state index contributed by atoms with van der Waals surface area (Å²) in [5.74, 6) is 0.620. The molecular weight excluding hydrogens is 306 g/mol. The predicted octanol–water partition coefficient (Wildman–Crippen LogP) is 1.47. The van der Waals surface area contributed by atoms with E-state index < -0.39 is 0 Å². The van der Waals surface area contributed by atoms with E-state index in [4.69, 9.17) is 0 Å². The molecule has 0 bridgehead atoms. The summed E-state index contributed by atoms with van der Waals surface area (Å²) in [6, 6.07) is 9.82. The van der Waals surface area contributed by atoms with Crippen molar-refractivity contribution in [2.75, 3.05) is 0 Å². The van der Waals surface area contributed by atoms with Crippen LogP contribution in [0.1, 0.15) is 12.6 Å². The number of fused-ring (bicyclic) bond motifs is 3. The summed E-state index contributed by atoms with van der Waals surface area (Å²) < 4.78 is 6.40. The number of para-hydroxylation sites is 1. The van der Waals surface area contributed by atoms with E-state index in [0.717, 1.165) is 11.4 Å². The lowest BCUT2D eigenvalue weighted by Crippen LogP contribution is -2.38. The Morgan fingerprint density at radius 1 is 1.12 bits per heavy atom. The van der Waals surface area contributed by atoms with E-state index in [1.807, 2.05) is 48.0 Å². The molecule has 3 heterocycles. The summed E-state index contributed by atoms with van der Waals surface area (Å²) in [5, 5.41) is 0. The third kappa shape index (κ3) is 1.75. The normalized spacial score (nSPS) is 11.6. The Kier molecular flexibility index (Phi) is 2.99. The number of imidazole rings is 2. The molecule has 0 fully saturated rings. The smallest absolute Gasteiger partial charge is 0.283 e. The lowest BCUT2D eigenvalue weighted by molar-refractivity contribution is 0.637. The molecule has 122 valence electrons. The van der Waals surface area contributed by atoms with Crippen LogP contribution in [0.25, 0.3) is 22.6 Å². The van der Waals surface area contributed by atoms with E-state index in [0.29, 0.717) is 23.5 Å². The minimum absolute atomic E-state index is 0.312. The number of nitrogens with zero attached hydrogens (tertiary/aromatic N) is 5. The summed E-state index contributed by atoms with van der Waals surface area (Å²) >= 11 is 0. The lowest BCUT2D eigenvalue weighted by Gasteiger charge is -2.05. The molecule has 0 aliphatic rings. The first-order valence-electron chi connectivity index (χ1n) is 7.80. The minimum Gasteiger partial charge on any atom is -0.283 e. The fourth-order valence-electron chi connectivity index (χ4n) is 3.19. The highest BCUT2D eigenvalue weighted by Crippen LogP contribution is 2.20. The number of benzene rings is 1. The van der Waals surface area contributed by atoms with Gasteiger partial charge in [-0.3, -0.25) is 22.9 Å². The predicted molar refractivity (Wildman–Crippen MR) is 91.9 cm³/mol. The van der Waals surface area contributed by atoms with Crippen molar-refractivity contribution in [1.82, 2.24) is 23.1 Å². The van der Waals surface area contributed by atoms with Crippen LogP contribution < -0.4 is 11.2 Å². The Labute approximate surface area is 137 Å². The largest absolute Gasteiger partial charge is 0.332 e. The summed E-state index contributed by atoms with van der Waals surface area (Å²) in [7, 11) is 1.64. The Balaban J connectivity index is 2.21. The summed E-state index contributed by atoms with van der Waals surface area (Å²) in [6.45, 7) is 4.08. The van der Waals surface area contributed by atoms with Gasteiger partial charge in [-0.2, -0.15) is 4.98 Å². The molecule has 7 nitrogen and oxygen atoms in total. The van der Waals surface area contributed by atoms with Gasteiger partial charge in [-0.05, 0) is 26.0 Å². The van der Waals surface area contributed by atoms with Crippen molar-refractivity contribution in [2.24, 2.45) is 7.05 Å². The van der Waals surface area contributed by atoms with Crippen molar-refractivity contribution in [1.29, 1.82) is 0 Å². The Bertz CT molecular complexity index is 1190. The maximum Gasteiger partial charge on any atom is 0.332 e. The number of aryl methyl sites for hydroxylation is 2. The average molecular weight is 323 g/mol. The maximum absolute atomic E-state index is 12.7. The molecular formula is C17H17N5O2. The zero-order valence-corrected chi connectivity index (χ0v) is 13.7. The van der Waals surface area contributed by atoms with E-state index in [1.54, 1.807) is 18.4 Å². The van der Waals surface area contributed by atoms with Crippen molar-refractivity contribution in [2.45, 2.75) is 20.4 Å². The van der Waals surface area contributed by atoms with Crippen molar-refractivity contribution >= 4 is 16.9 Å². The number of hydrogen-bond donors (Lipinski definition) is 0. The molecule has 0 radical (unpaired) electrons. The van der Waals surface area contributed by atoms with Crippen LogP contribution in [0.5, 0.6) is 0 Å². The van der Waals surface area contributed by atoms with Crippen molar-refractivity contribution in [3.8, 4) is 5.69 Å². The molecule has 0 saturated carbocycles. The standard InChI is InChI=1S/C17H17N5O2/c1-4-20-15(23)13-14(19(3)17(20)24)18-16-21(13)10-11(2)22(16)12-8-6-5-7-9-12/h5-10H,4H2,1-3H3. The van der Waals surface area contributed by atoms with Gasteiger partial charge in [0.1, 0.15) is 0 Å². The number of aromatic nitrogens is 5. The van der Waals surface area contributed by atoms with Crippen LogP contribution in [-0.4, -0.2) is 23.1 Å². The van der Waals surface area contributed by atoms with Crippen LogP contribution in [-0.2, 0) is 13.6 Å². The first-order valence-corrected chi connectivity index (χ1v) is 7.80. The summed E-state index contributed by atoms with van der Waals surface area (Å²) in [5.41, 5.74) is 2.08. The molecule has 0 unspecified atom stereocenters. The SMILES string of the molecule is CCn1c(=O)c2c(nc3n(-c4ccccc4)c(C)cn23)n(C)c1=O.